The van der Waals surface area contributed by atoms with Crippen molar-refractivity contribution >= 4 is 29.1 Å². The van der Waals surface area contributed by atoms with Gasteiger partial charge in [-0.2, -0.15) is 0 Å². The van der Waals surface area contributed by atoms with Gasteiger partial charge in [-0.15, -0.1) is 0 Å². The summed E-state index contributed by atoms with van der Waals surface area (Å²) < 4.78 is 5.59. The average molecular weight is 299 g/mol. The minimum absolute atomic E-state index is 0.0360. The van der Waals surface area contributed by atoms with Gasteiger partial charge in [-0.3, -0.25) is 4.79 Å². The number of carbonyl (C=O) groups is 1. The van der Waals surface area contributed by atoms with Gasteiger partial charge in [0.05, 0.1) is 16.1 Å². The molecule has 100 valence electrons. The van der Waals surface area contributed by atoms with E-state index in [9.17, 15) is 4.79 Å². The maximum Gasteiger partial charge on any atom is 0.219 e. The van der Waals surface area contributed by atoms with Gasteiger partial charge >= 0.3 is 0 Å². The van der Waals surface area contributed by atoms with Crippen LogP contribution in [0.3, 0.4) is 0 Å². The molecule has 0 saturated carbocycles. The van der Waals surface area contributed by atoms with Gasteiger partial charge in [-0.1, -0.05) is 23.2 Å². The second kappa shape index (κ2) is 5.65. The lowest BCUT2D eigenvalue weighted by molar-refractivity contribution is -0.118. The molecule has 4 nitrogen and oxygen atoms in total. The Bertz CT molecular complexity index is 610. The largest absolute Gasteiger partial charge is 0.459 e. The minimum Gasteiger partial charge on any atom is -0.459 e. The van der Waals surface area contributed by atoms with E-state index in [0.29, 0.717) is 21.6 Å². The molecule has 1 unspecified atom stereocenters. The Morgan fingerprint density at radius 3 is 2.58 bits per heavy atom. The molecular weight excluding hydrogens is 287 g/mol. The molecule has 1 atom stereocenters. The molecule has 0 radical (unpaired) electrons. The van der Waals surface area contributed by atoms with Crippen LogP contribution in [-0.4, -0.2) is 5.91 Å². The standard InChI is InChI=1S/C13H12Cl2N2O2/c14-8-2-1-7(5-9(8)15)11-3-4-12(19-11)10(16)6-13(17)18/h1-5,10H,6,16H2,(H2,17,18). The fourth-order valence-corrected chi connectivity index (χ4v) is 1.97. The third-order valence-electron chi connectivity index (χ3n) is 2.62. The predicted octanol–water partition coefficient (Wildman–Crippen LogP) is 3.13. The van der Waals surface area contributed by atoms with Gasteiger partial charge in [-0.05, 0) is 30.3 Å². The number of carbonyl (C=O) groups excluding carboxylic acids is 1. The molecule has 0 bridgehead atoms. The lowest BCUT2D eigenvalue weighted by Gasteiger charge is -2.05. The van der Waals surface area contributed by atoms with Crippen LogP contribution in [0.5, 0.6) is 0 Å². The highest BCUT2D eigenvalue weighted by molar-refractivity contribution is 6.42. The normalized spacial score (nSPS) is 12.4. The van der Waals surface area contributed by atoms with Crippen molar-refractivity contribution in [1.82, 2.24) is 0 Å². The summed E-state index contributed by atoms with van der Waals surface area (Å²) in [6.07, 6.45) is 0.0360. The average Bonchev–Trinajstić information content (AvgIpc) is 2.81. The van der Waals surface area contributed by atoms with E-state index in [-0.39, 0.29) is 6.42 Å². The molecular formula is C13H12Cl2N2O2. The van der Waals surface area contributed by atoms with E-state index in [1.54, 1.807) is 30.3 Å². The monoisotopic (exact) mass is 298 g/mol. The molecule has 2 rings (SSSR count). The van der Waals surface area contributed by atoms with Gasteiger partial charge in [0.1, 0.15) is 11.5 Å². The molecule has 0 aliphatic heterocycles. The zero-order valence-electron chi connectivity index (χ0n) is 9.90. The van der Waals surface area contributed by atoms with E-state index >= 15 is 0 Å². The number of benzene rings is 1. The number of primary amides is 1. The van der Waals surface area contributed by atoms with Crippen LogP contribution < -0.4 is 11.5 Å². The van der Waals surface area contributed by atoms with Crippen LogP contribution in [0.4, 0.5) is 0 Å². The highest BCUT2D eigenvalue weighted by atomic mass is 35.5. The van der Waals surface area contributed by atoms with Crippen LogP contribution in [0.25, 0.3) is 11.3 Å². The first-order valence-corrected chi connectivity index (χ1v) is 6.32. The molecule has 1 heterocycles. The highest BCUT2D eigenvalue weighted by Gasteiger charge is 2.14. The topological polar surface area (TPSA) is 82.2 Å². The van der Waals surface area contributed by atoms with Gasteiger partial charge in [0.2, 0.25) is 5.91 Å². The minimum atomic E-state index is -0.547. The lowest BCUT2D eigenvalue weighted by atomic mass is 10.1. The maximum absolute atomic E-state index is 10.8. The first-order chi connectivity index (χ1) is 8.97. The Hall–Kier alpha value is -1.49. The summed E-state index contributed by atoms with van der Waals surface area (Å²) in [6.45, 7) is 0. The van der Waals surface area contributed by atoms with Crippen molar-refractivity contribution in [3.05, 3.63) is 46.1 Å². The van der Waals surface area contributed by atoms with Crippen molar-refractivity contribution in [3.8, 4) is 11.3 Å². The molecule has 0 fully saturated rings. The lowest BCUT2D eigenvalue weighted by Crippen LogP contribution is -2.20. The smallest absolute Gasteiger partial charge is 0.219 e. The Kier molecular flexibility index (Phi) is 4.14. The van der Waals surface area contributed by atoms with Crippen molar-refractivity contribution in [2.24, 2.45) is 11.5 Å². The SMILES string of the molecule is NC(=O)CC(N)c1ccc(-c2ccc(Cl)c(Cl)c2)o1. The molecule has 1 amide bonds. The molecule has 6 heteroatoms. The molecule has 0 aliphatic carbocycles. The van der Waals surface area contributed by atoms with E-state index in [0.717, 1.165) is 5.56 Å². The molecule has 1 aromatic carbocycles. The first kappa shape index (κ1) is 13.9. The molecule has 0 aliphatic rings. The first-order valence-electron chi connectivity index (χ1n) is 5.56. The summed E-state index contributed by atoms with van der Waals surface area (Å²) >= 11 is 11.8. The summed E-state index contributed by atoms with van der Waals surface area (Å²) in [7, 11) is 0. The van der Waals surface area contributed by atoms with Crippen molar-refractivity contribution in [2.75, 3.05) is 0 Å². The van der Waals surface area contributed by atoms with Crippen LogP contribution >= 0.6 is 23.2 Å². The van der Waals surface area contributed by atoms with E-state index < -0.39 is 11.9 Å². The van der Waals surface area contributed by atoms with Crippen molar-refractivity contribution in [1.29, 1.82) is 0 Å². The van der Waals surface area contributed by atoms with Gasteiger partial charge in [0, 0.05) is 12.0 Å². The third-order valence-corrected chi connectivity index (χ3v) is 3.36. The Morgan fingerprint density at radius 2 is 1.95 bits per heavy atom. The van der Waals surface area contributed by atoms with Crippen molar-refractivity contribution < 1.29 is 9.21 Å². The van der Waals surface area contributed by atoms with E-state index in [4.69, 9.17) is 39.1 Å². The van der Waals surface area contributed by atoms with Gasteiger partial charge in [0.25, 0.3) is 0 Å². The van der Waals surface area contributed by atoms with Crippen molar-refractivity contribution in [3.63, 3.8) is 0 Å². The molecule has 2 aromatic rings. The predicted molar refractivity (Wildman–Crippen MR) is 74.9 cm³/mol. The number of hydrogen-bond acceptors (Lipinski definition) is 3. The summed E-state index contributed by atoms with van der Waals surface area (Å²) in [6, 6.07) is 8.10. The van der Waals surface area contributed by atoms with E-state index in [1.165, 1.54) is 0 Å². The summed E-state index contributed by atoms with van der Waals surface area (Å²) in [4.78, 5) is 10.8. The number of amides is 1. The second-order valence-electron chi connectivity index (χ2n) is 4.11. The van der Waals surface area contributed by atoms with Crippen LogP contribution in [0.1, 0.15) is 18.2 Å². The zero-order valence-corrected chi connectivity index (χ0v) is 11.4. The summed E-state index contributed by atoms with van der Waals surface area (Å²) in [5.41, 5.74) is 11.7. The number of furan rings is 1. The fourth-order valence-electron chi connectivity index (χ4n) is 1.67. The number of hydrogen-bond donors (Lipinski definition) is 2. The number of halogens is 2. The number of nitrogens with two attached hydrogens (primary N) is 2. The van der Waals surface area contributed by atoms with E-state index in [2.05, 4.69) is 0 Å². The van der Waals surface area contributed by atoms with Crippen LogP contribution in [-0.2, 0) is 4.79 Å². The van der Waals surface area contributed by atoms with Crippen LogP contribution in [0.15, 0.2) is 34.7 Å². The molecule has 1 aromatic heterocycles. The molecule has 0 spiro atoms. The summed E-state index contributed by atoms with van der Waals surface area (Å²) in [5, 5.41) is 0.918. The van der Waals surface area contributed by atoms with Gasteiger partial charge in [-0.25, -0.2) is 0 Å². The van der Waals surface area contributed by atoms with Gasteiger partial charge < -0.3 is 15.9 Å². The Morgan fingerprint density at radius 1 is 1.21 bits per heavy atom. The maximum atomic E-state index is 10.8. The van der Waals surface area contributed by atoms with Crippen molar-refractivity contribution in [2.45, 2.75) is 12.5 Å². The van der Waals surface area contributed by atoms with Gasteiger partial charge in [0.15, 0.2) is 0 Å². The van der Waals surface area contributed by atoms with Crippen LogP contribution in [0, 0.1) is 0 Å². The molecule has 4 N–H and O–H groups in total. The quantitative estimate of drug-likeness (QED) is 0.910. The highest BCUT2D eigenvalue weighted by Crippen LogP contribution is 2.30. The molecule has 0 saturated heterocycles. The Labute approximate surface area is 120 Å². The summed E-state index contributed by atoms with van der Waals surface area (Å²) in [5.74, 6) is 0.633. The fraction of sp³-hybridized carbons (Fsp3) is 0.154. The Balaban J connectivity index is 2.25. The van der Waals surface area contributed by atoms with Crippen LogP contribution in [0.2, 0.25) is 10.0 Å². The number of rotatable bonds is 4. The zero-order chi connectivity index (χ0) is 14.0. The third kappa shape index (κ3) is 3.29. The second-order valence-corrected chi connectivity index (χ2v) is 4.92. The molecule has 19 heavy (non-hydrogen) atoms. The van der Waals surface area contributed by atoms with E-state index in [1.807, 2.05) is 0 Å².